The number of nitrogens with zero attached hydrogens (tertiary/aromatic N) is 2. The number of ether oxygens (including phenoxy) is 2. The summed E-state index contributed by atoms with van der Waals surface area (Å²) in [5.41, 5.74) is 2.87. The number of rotatable bonds is 8. The zero-order chi connectivity index (χ0) is 21.6. The molecule has 0 aliphatic carbocycles. The Labute approximate surface area is 174 Å². The van der Waals surface area contributed by atoms with E-state index in [1.165, 1.54) is 13.2 Å². The molecule has 1 heterocycles. The van der Waals surface area contributed by atoms with E-state index in [1.54, 1.807) is 36.9 Å². The van der Waals surface area contributed by atoms with Gasteiger partial charge in [-0.2, -0.15) is 5.10 Å². The summed E-state index contributed by atoms with van der Waals surface area (Å²) >= 11 is 6.22. The predicted octanol–water partition coefficient (Wildman–Crippen LogP) is 2.87. The highest BCUT2D eigenvalue weighted by Gasteiger charge is 2.13. The Hall–Kier alpha value is -3.00. The number of benzene rings is 1. The van der Waals surface area contributed by atoms with E-state index in [9.17, 15) is 9.59 Å². The minimum atomic E-state index is -0.413. The molecule has 0 saturated carbocycles. The Bertz CT molecular complexity index is 937. The highest BCUT2D eigenvalue weighted by Crippen LogP contribution is 2.36. The van der Waals surface area contributed by atoms with Crippen LogP contribution in [0.4, 0.5) is 5.69 Å². The fourth-order valence-electron chi connectivity index (χ4n) is 2.66. The molecule has 2 rings (SSSR count). The number of nitrogens with one attached hydrogen (secondary N) is 2. The number of hydrogen-bond acceptors (Lipinski definition) is 5. The van der Waals surface area contributed by atoms with E-state index < -0.39 is 5.91 Å². The van der Waals surface area contributed by atoms with Crippen LogP contribution >= 0.6 is 11.6 Å². The van der Waals surface area contributed by atoms with Crippen LogP contribution in [0.1, 0.15) is 23.9 Å². The van der Waals surface area contributed by atoms with Crippen molar-refractivity contribution in [2.45, 2.75) is 20.8 Å². The number of anilines is 1. The molecule has 2 N–H and O–H groups in total. The van der Waals surface area contributed by atoms with Gasteiger partial charge in [-0.15, -0.1) is 0 Å². The summed E-state index contributed by atoms with van der Waals surface area (Å²) in [6.07, 6.45) is 2.89. The van der Waals surface area contributed by atoms with Crippen LogP contribution < -0.4 is 20.1 Å². The van der Waals surface area contributed by atoms with Gasteiger partial charge in [0.15, 0.2) is 11.5 Å². The summed E-state index contributed by atoms with van der Waals surface area (Å²) in [7, 11) is 3.31. The van der Waals surface area contributed by atoms with E-state index >= 15 is 0 Å². The molecule has 9 heteroatoms. The number of methoxy groups -OCH3 is 1. The second-order valence-corrected chi connectivity index (χ2v) is 6.64. The first-order valence-electron chi connectivity index (χ1n) is 9.03. The van der Waals surface area contributed by atoms with Crippen molar-refractivity contribution < 1.29 is 19.1 Å². The van der Waals surface area contributed by atoms with Crippen LogP contribution in [0.25, 0.3) is 6.08 Å². The summed E-state index contributed by atoms with van der Waals surface area (Å²) < 4.78 is 12.4. The van der Waals surface area contributed by atoms with E-state index in [0.717, 1.165) is 5.69 Å². The van der Waals surface area contributed by atoms with Crippen LogP contribution in [0.5, 0.6) is 11.5 Å². The topological polar surface area (TPSA) is 94.5 Å². The molecule has 156 valence electrons. The summed E-state index contributed by atoms with van der Waals surface area (Å²) in [6.45, 7) is 5.80. The molecule has 0 aliphatic heterocycles. The molecule has 2 amide bonds. The predicted molar refractivity (Wildman–Crippen MR) is 113 cm³/mol. The van der Waals surface area contributed by atoms with Crippen molar-refractivity contribution in [3.63, 3.8) is 0 Å². The molecule has 0 bridgehead atoms. The number of amides is 2. The lowest BCUT2D eigenvalue weighted by atomic mass is 10.2. The molecular formula is C20H25ClN4O4. The van der Waals surface area contributed by atoms with Crippen LogP contribution in [-0.4, -0.2) is 41.9 Å². The van der Waals surface area contributed by atoms with Crippen LogP contribution in [-0.2, 0) is 16.6 Å². The zero-order valence-corrected chi connectivity index (χ0v) is 17.9. The van der Waals surface area contributed by atoms with E-state index in [-0.39, 0.29) is 12.5 Å². The first kappa shape index (κ1) is 22.3. The summed E-state index contributed by atoms with van der Waals surface area (Å²) in [5.74, 6) is 0.178. The second-order valence-electron chi connectivity index (χ2n) is 6.24. The quantitative estimate of drug-likeness (QED) is 0.640. The van der Waals surface area contributed by atoms with Gasteiger partial charge in [-0.05, 0) is 44.5 Å². The van der Waals surface area contributed by atoms with E-state index in [2.05, 4.69) is 15.7 Å². The number of carbonyl (C=O) groups is 2. The molecule has 29 heavy (non-hydrogen) atoms. The molecule has 2 aromatic rings. The first-order chi connectivity index (χ1) is 13.8. The van der Waals surface area contributed by atoms with Crippen molar-refractivity contribution in [3.8, 4) is 11.5 Å². The normalized spacial score (nSPS) is 10.8. The number of halogens is 1. The number of aromatic nitrogens is 2. The molecule has 0 atom stereocenters. The monoisotopic (exact) mass is 420 g/mol. The smallest absolute Gasteiger partial charge is 0.244 e. The van der Waals surface area contributed by atoms with Crippen LogP contribution in [0.2, 0.25) is 5.02 Å². The van der Waals surface area contributed by atoms with Gasteiger partial charge in [0.25, 0.3) is 0 Å². The van der Waals surface area contributed by atoms with Gasteiger partial charge in [0, 0.05) is 13.1 Å². The Morgan fingerprint density at radius 1 is 1.31 bits per heavy atom. The second kappa shape index (κ2) is 9.97. The largest absolute Gasteiger partial charge is 0.493 e. The lowest BCUT2D eigenvalue weighted by Crippen LogP contribution is -2.31. The molecule has 1 aromatic heterocycles. The lowest BCUT2D eigenvalue weighted by Gasteiger charge is -2.11. The van der Waals surface area contributed by atoms with Crippen molar-refractivity contribution in [1.82, 2.24) is 15.1 Å². The van der Waals surface area contributed by atoms with Crippen molar-refractivity contribution in [2.75, 3.05) is 25.6 Å². The molecular weight excluding hydrogens is 396 g/mol. The molecule has 0 radical (unpaired) electrons. The summed E-state index contributed by atoms with van der Waals surface area (Å²) in [5, 5.41) is 9.92. The summed E-state index contributed by atoms with van der Waals surface area (Å²) in [4.78, 5) is 24.1. The molecule has 0 saturated heterocycles. The van der Waals surface area contributed by atoms with E-state index in [1.807, 2.05) is 13.8 Å². The van der Waals surface area contributed by atoms with Gasteiger partial charge >= 0.3 is 0 Å². The maximum absolute atomic E-state index is 12.1. The van der Waals surface area contributed by atoms with Gasteiger partial charge in [-0.3, -0.25) is 14.3 Å². The minimum Gasteiger partial charge on any atom is -0.493 e. The average Bonchev–Trinajstić information content (AvgIpc) is 2.92. The zero-order valence-electron chi connectivity index (χ0n) is 17.1. The molecule has 8 nitrogen and oxygen atoms in total. The Morgan fingerprint density at radius 3 is 2.62 bits per heavy atom. The minimum absolute atomic E-state index is 0.162. The van der Waals surface area contributed by atoms with Crippen molar-refractivity contribution in [3.05, 3.63) is 40.2 Å². The SMILES string of the molecule is CCOc1c(Cl)cc(/C=C/C(=O)NCC(=O)Nc2c(C)nn(C)c2C)cc1OC. The van der Waals surface area contributed by atoms with E-state index in [4.69, 9.17) is 21.1 Å². The standard InChI is InChI=1S/C20H25ClN4O4/c1-6-29-20-15(21)9-14(10-16(20)28-5)7-8-17(26)22-11-18(27)23-19-12(2)24-25(4)13(19)3/h7-10H,6,11H2,1-5H3,(H,22,26)(H,23,27)/b8-7+. The van der Waals surface area contributed by atoms with Gasteiger partial charge < -0.3 is 20.1 Å². The lowest BCUT2D eigenvalue weighted by molar-refractivity contribution is -0.121. The third-order valence-electron chi connectivity index (χ3n) is 4.16. The number of carbonyl (C=O) groups excluding carboxylic acids is 2. The van der Waals surface area contributed by atoms with Gasteiger partial charge in [0.2, 0.25) is 11.8 Å². The first-order valence-corrected chi connectivity index (χ1v) is 9.40. The van der Waals surface area contributed by atoms with Crippen molar-refractivity contribution >= 4 is 35.2 Å². The molecule has 0 unspecified atom stereocenters. The fourth-order valence-corrected chi connectivity index (χ4v) is 2.93. The third-order valence-corrected chi connectivity index (χ3v) is 4.44. The van der Waals surface area contributed by atoms with Crippen LogP contribution in [0, 0.1) is 13.8 Å². The Kier molecular flexibility index (Phi) is 7.67. The Morgan fingerprint density at radius 2 is 2.03 bits per heavy atom. The van der Waals surface area contributed by atoms with Gasteiger partial charge in [0.05, 0.1) is 42.4 Å². The molecule has 1 aromatic carbocycles. The van der Waals surface area contributed by atoms with Gasteiger partial charge in [-0.1, -0.05) is 11.6 Å². The number of aryl methyl sites for hydroxylation is 2. The van der Waals surface area contributed by atoms with Crippen LogP contribution in [0.3, 0.4) is 0 Å². The van der Waals surface area contributed by atoms with Gasteiger partial charge in [0.1, 0.15) is 0 Å². The fraction of sp³-hybridized carbons (Fsp3) is 0.350. The molecule has 0 aliphatic rings. The Balaban J connectivity index is 1.96. The maximum atomic E-state index is 12.1. The number of hydrogen-bond donors (Lipinski definition) is 2. The van der Waals surface area contributed by atoms with E-state index in [0.29, 0.717) is 40.1 Å². The van der Waals surface area contributed by atoms with Gasteiger partial charge in [-0.25, -0.2) is 0 Å². The van der Waals surface area contributed by atoms with Crippen LogP contribution in [0.15, 0.2) is 18.2 Å². The molecule has 0 fully saturated rings. The highest BCUT2D eigenvalue weighted by atomic mass is 35.5. The average molecular weight is 421 g/mol. The van der Waals surface area contributed by atoms with Crippen molar-refractivity contribution in [2.24, 2.45) is 7.05 Å². The molecule has 0 spiro atoms. The summed E-state index contributed by atoms with van der Waals surface area (Å²) in [6, 6.07) is 3.38. The highest BCUT2D eigenvalue weighted by molar-refractivity contribution is 6.32. The third kappa shape index (κ3) is 5.74. The maximum Gasteiger partial charge on any atom is 0.244 e. The van der Waals surface area contributed by atoms with Crippen molar-refractivity contribution in [1.29, 1.82) is 0 Å².